The first-order valence-electron chi connectivity index (χ1n) is 4.12. The van der Waals surface area contributed by atoms with Gasteiger partial charge in [-0.2, -0.15) is 0 Å². The number of ether oxygens (including phenoxy) is 1. The van der Waals surface area contributed by atoms with Gasteiger partial charge in [0.1, 0.15) is 12.4 Å². The standard InChI is InChI=1S/C9H12N2O2S/c10-9(14)11-7-2-1-3-8(6-7)13-5-4-12/h1-3,6,12H,4-5H2,(H3,10,11,14). The minimum Gasteiger partial charge on any atom is -0.491 e. The Morgan fingerprint density at radius 3 is 3.00 bits per heavy atom. The summed E-state index contributed by atoms with van der Waals surface area (Å²) in [7, 11) is 0. The van der Waals surface area contributed by atoms with Gasteiger partial charge in [0.15, 0.2) is 5.11 Å². The van der Waals surface area contributed by atoms with Gasteiger partial charge in [-0.1, -0.05) is 6.07 Å². The zero-order valence-electron chi connectivity index (χ0n) is 7.56. The fourth-order valence-electron chi connectivity index (χ4n) is 0.969. The van der Waals surface area contributed by atoms with Crippen molar-refractivity contribution in [2.45, 2.75) is 0 Å². The molecule has 0 amide bonds. The minimum absolute atomic E-state index is 0.00699. The molecule has 14 heavy (non-hydrogen) atoms. The fourth-order valence-corrected chi connectivity index (χ4v) is 1.09. The average Bonchev–Trinajstić information content (AvgIpc) is 2.14. The Morgan fingerprint density at radius 1 is 1.57 bits per heavy atom. The predicted molar refractivity (Wildman–Crippen MR) is 59.4 cm³/mol. The maximum Gasteiger partial charge on any atom is 0.168 e. The first-order valence-corrected chi connectivity index (χ1v) is 4.53. The van der Waals surface area contributed by atoms with Crippen molar-refractivity contribution < 1.29 is 9.84 Å². The Bertz CT molecular complexity index is 317. The summed E-state index contributed by atoms with van der Waals surface area (Å²) in [4.78, 5) is 0. The second kappa shape index (κ2) is 5.41. The molecule has 4 N–H and O–H groups in total. The summed E-state index contributed by atoms with van der Waals surface area (Å²) in [6.45, 7) is 0.267. The molecule has 0 aliphatic carbocycles. The predicted octanol–water partition coefficient (Wildman–Crippen LogP) is 0.713. The van der Waals surface area contributed by atoms with E-state index in [1.165, 1.54) is 0 Å². The van der Waals surface area contributed by atoms with Gasteiger partial charge in [0.25, 0.3) is 0 Å². The van der Waals surface area contributed by atoms with Gasteiger partial charge in [-0.25, -0.2) is 0 Å². The topological polar surface area (TPSA) is 67.5 Å². The molecule has 5 heteroatoms. The first kappa shape index (κ1) is 10.7. The van der Waals surface area contributed by atoms with Crippen LogP contribution in [0, 0.1) is 0 Å². The van der Waals surface area contributed by atoms with Crippen LogP contribution >= 0.6 is 12.2 Å². The molecule has 76 valence electrons. The lowest BCUT2D eigenvalue weighted by Gasteiger charge is -2.07. The van der Waals surface area contributed by atoms with Gasteiger partial charge in [-0.15, -0.1) is 0 Å². The van der Waals surface area contributed by atoms with Crippen molar-refractivity contribution in [1.29, 1.82) is 0 Å². The van der Waals surface area contributed by atoms with Crippen LogP contribution in [0.25, 0.3) is 0 Å². The molecule has 0 spiro atoms. The largest absolute Gasteiger partial charge is 0.491 e. The van der Waals surface area contributed by atoms with E-state index in [1.54, 1.807) is 12.1 Å². The number of hydrogen-bond donors (Lipinski definition) is 3. The molecule has 0 saturated heterocycles. The summed E-state index contributed by atoms with van der Waals surface area (Å²) in [6.07, 6.45) is 0. The molecular weight excluding hydrogens is 200 g/mol. The van der Waals surface area contributed by atoms with E-state index in [0.29, 0.717) is 5.75 Å². The van der Waals surface area contributed by atoms with Crippen molar-refractivity contribution in [3.05, 3.63) is 24.3 Å². The number of aliphatic hydroxyl groups is 1. The lowest BCUT2D eigenvalue weighted by molar-refractivity contribution is 0.201. The summed E-state index contributed by atoms with van der Waals surface area (Å²) < 4.78 is 5.20. The number of thiocarbonyl (C=S) groups is 1. The summed E-state index contributed by atoms with van der Waals surface area (Å²) in [5.74, 6) is 0.667. The fraction of sp³-hybridized carbons (Fsp3) is 0.222. The smallest absolute Gasteiger partial charge is 0.168 e. The quantitative estimate of drug-likeness (QED) is 0.641. The summed E-state index contributed by atoms with van der Waals surface area (Å²) in [5, 5.41) is 11.6. The third-order valence-corrected chi connectivity index (χ3v) is 1.56. The lowest BCUT2D eigenvalue weighted by atomic mass is 10.3. The third kappa shape index (κ3) is 3.59. The van der Waals surface area contributed by atoms with E-state index in [0.717, 1.165) is 5.69 Å². The van der Waals surface area contributed by atoms with Crippen molar-refractivity contribution in [1.82, 2.24) is 0 Å². The number of benzene rings is 1. The molecule has 0 atom stereocenters. The van der Waals surface area contributed by atoms with Crippen LogP contribution in [0.15, 0.2) is 24.3 Å². The van der Waals surface area contributed by atoms with Gasteiger partial charge in [0, 0.05) is 11.8 Å². The Morgan fingerprint density at radius 2 is 2.36 bits per heavy atom. The summed E-state index contributed by atoms with van der Waals surface area (Å²) in [5.41, 5.74) is 6.09. The van der Waals surface area contributed by atoms with E-state index in [4.69, 9.17) is 27.8 Å². The van der Waals surface area contributed by atoms with Crippen molar-refractivity contribution >= 4 is 23.0 Å². The van der Waals surface area contributed by atoms with Crippen molar-refractivity contribution in [3.8, 4) is 5.75 Å². The third-order valence-electron chi connectivity index (χ3n) is 1.46. The van der Waals surface area contributed by atoms with Crippen LogP contribution < -0.4 is 15.8 Å². The Balaban J connectivity index is 2.63. The molecule has 1 aromatic rings. The zero-order valence-corrected chi connectivity index (χ0v) is 8.38. The minimum atomic E-state index is -0.00699. The van der Waals surface area contributed by atoms with Crippen molar-refractivity contribution in [2.24, 2.45) is 5.73 Å². The number of hydrogen-bond acceptors (Lipinski definition) is 3. The SMILES string of the molecule is NC(=S)Nc1cccc(OCCO)c1. The molecule has 0 heterocycles. The first-order chi connectivity index (χ1) is 6.72. The number of nitrogens with one attached hydrogen (secondary N) is 1. The molecule has 0 aliphatic heterocycles. The monoisotopic (exact) mass is 212 g/mol. The van der Waals surface area contributed by atoms with Crippen LogP contribution in [0.3, 0.4) is 0 Å². The van der Waals surface area contributed by atoms with Gasteiger partial charge in [-0.05, 0) is 24.4 Å². The van der Waals surface area contributed by atoms with Crippen LogP contribution in [0.5, 0.6) is 5.75 Å². The van der Waals surface area contributed by atoms with Gasteiger partial charge >= 0.3 is 0 Å². The number of anilines is 1. The van der Waals surface area contributed by atoms with Crippen molar-refractivity contribution in [3.63, 3.8) is 0 Å². The summed E-state index contributed by atoms with van der Waals surface area (Å²) >= 11 is 4.69. The van der Waals surface area contributed by atoms with E-state index in [-0.39, 0.29) is 18.3 Å². The molecule has 1 aromatic carbocycles. The second-order valence-electron chi connectivity index (χ2n) is 2.59. The molecule has 4 nitrogen and oxygen atoms in total. The van der Waals surface area contributed by atoms with Gasteiger partial charge < -0.3 is 20.9 Å². The highest BCUT2D eigenvalue weighted by Crippen LogP contribution is 2.16. The highest BCUT2D eigenvalue weighted by atomic mass is 32.1. The molecular formula is C9H12N2O2S. The van der Waals surface area contributed by atoms with Crippen LogP contribution in [-0.4, -0.2) is 23.4 Å². The van der Waals surface area contributed by atoms with Gasteiger partial charge in [-0.3, -0.25) is 0 Å². The van der Waals surface area contributed by atoms with Gasteiger partial charge in [0.2, 0.25) is 0 Å². The van der Waals surface area contributed by atoms with Crippen LogP contribution in [0.1, 0.15) is 0 Å². The van der Waals surface area contributed by atoms with E-state index in [9.17, 15) is 0 Å². The van der Waals surface area contributed by atoms with E-state index >= 15 is 0 Å². The molecule has 0 aliphatic rings. The lowest BCUT2D eigenvalue weighted by Crippen LogP contribution is -2.18. The normalized spacial score (nSPS) is 9.50. The number of nitrogens with two attached hydrogens (primary N) is 1. The molecule has 0 fully saturated rings. The van der Waals surface area contributed by atoms with Crippen LogP contribution in [0.2, 0.25) is 0 Å². The Labute approximate surface area is 87.7 Å². The van der Waals surface area contributed by atoms with Crippen LogP contribution in [-0.2, 0) is 0 Å². The number of aliphatic hydroxyl groups excluding tert-OH is 1. The van der Waals surface area contributed by atoms with Crippen molar-refractivity contribution in [2.75, 3.05) is 18.5 Å². The molecule has 0 radical (unpaired) electrons. The number of rotatable bonds is 4. The molecule has 1 rings (SSSR count). The highest BCUT2D eigenvalue weighted by Gasteiger charge is 1.96. The maximum atomic E-state index is 8.56. The zero-order chi connectivity index (χ0) is 10.4. The molecule has 0 bridgehead atoms. The Kier molecular flexibility index (Phi) is 4.15. The molecule has 0 unspecified atom stereocenters. The van der Waals surface area contributed by atoms with E-state index < -0.39 is 0 Å². The van der Waals surface area contributed by atoms with E-state index in [1.807, 2.05) is 12.1 Å². The van der Waals surface area contributed by atoms with Crippen LogP contribution in [0.4, 0.5) is 5.69 Å². The van der Waals surface area contributed by atoms with Gasteiger partial charge in [0.05, 0.1) is 6.61 Å². The maximum absolute atomic E-state index is 8.56. The summed E-state index contributed by atoms with van der Waals surface area (Å²) in [6, 6.07) is 7.19. The Hall–Kier alpha value is -1.33. The molecule has 0 aromatic heterocycles. The highest BCUT2D eigenvalue weighted by molar-refractivity contribution is 7.80. The second-order valence-corrected chi connectivity index (χ2v) is 3.03. The molecule has 0 saturated carbocycles. The average molecular weight is 212 g/mol. The van der Waals surface area contributed by atoms with E-state index in [2.05, 4.69) is 5.32 Å².